The number of sulfone groups is 1. The summed E-state index contributed by atoms with van der Waals surface area (Å²) in [5.74, 6) is -3.99. The van der Waals surface area contributed by atoms with E-state index in [0.29, 0.717) is 0 Å². The zero-order valence-electron chi connectivity index (χ0n) is 17.8. The van der Waals surface area contributed by atoms with Crippen molar-refractivity contribution in [3.63, 3.8) is 0 Å². The molecule has 13 heteroatoms. The minimum atomic E-state index is -3.71. The second-order valence-electron chi connectivity index (χ2n) is 7.11. The maximum atomic E-state index is 12.7. The number of non-ortho nitro benzene ring substituents is 1. The summed E-state index contributed by atoms with van der Waals surface area (Å²) in [4.78, 5) is 45.6. The SMILES string of the molecule is CS(=O)(=O)c1ccc(Oc2ccc(C(=O)O)c(C(=O)O)c2)c(NC(=O)c2cccc([N+](=O)[O-])c2)c1. The number of carboxylic acids is 2. The Bertz CT molecular complexity index is 1480. The van der Waals surface area contributed by atoms with Crippen molar-refractivity contribution < 1.29 is 42.7 Å². The number of ether oxygens (including phenoxy) is 1. The first-order valence-corrected chi connectivity index (χ1v) is 11.4. The van der Waals surface area contributed by atoms with Gasteiger partial charge in [0.1, 0.15) is 5.75 Å². The Morgan fingerprint density at radius 1 is 0.943 bits per heavy atom. The molecule has 0 radical (unpaired) electrons. The van der Waals surface area contributed by atoms with Gasteiger partial charge in [-0.15, -0.1) is 0 Å². The smallest absolute Gasteiger partial charge is 0.336 e. The van der Waals surface area contributed by atoms with Crippen molar-refractivity contribution in [2.45, 2.75) is 4.90 Å². The second kappa shape index (κ2) is 9.61. The quantitative estimate of drug-likeness (QED) is 0.305. The summed E-state index contributed by atoms with van der Waals surface area (Å²) in [6.45, 7) is 0. The first kappa shape index (κ1) is 24.9. The van der Waals surface area contributed by atoms with Crippen LogP contribution in [0, 0.1) is 10.1 Å². The Morgan fingerprint density at radius 2 is 1.63 bits per heavy atom. The molecule has 0 atom stereocenters. The maximum absolute atomic E-state index is 12.7. The van der Waals surface area contributed by atoms with Crippen LogP contribution in [0.4, 0.5) is 11.4 Å². The predicted molar refractivity (Wildman–Crippen MR) is 121 cm³/mol. The molecule has 0 aliphatic heterocycles. The molecule has 3 N–H and O–H groups in total. The van der Waals surface area contributed by atoms with Crippen LogP contribution in [0.3, 0.4) is 0 Å². The van der Waals surface area contributed by atoms with Gasteiger partial charge in [0.05, 0.1) is 26.6 Å². The summed E-state index contributed by atoms with van der Waals surface area (Å²) in [6.07, 6.45) is 0.943. The van der Waals surface area contributed by atoms with Gasteiger partial charge in [-0.25, -0.2) is 18.0 Å². The van der Waals surface area contributed by atoms with Gasteiger partial charge in [0.2, 0.25) is 0 Å². The number of nitro groups is 1. The molecule has 12 nitrogen and oxygen atoms in total. The van der Waals surface area contributed by atoms with Gasteiger partial charge in [-0.1, -0.05) is 6.07 Å². The lowest BCUT2D eigenvalue weighted by atomic mass is 10.1. The van der Waals surface area contributed by atoms with Crippen LogP contribution in [-0.4, -0.2) is 47.7 Å². The Hall–Kier alpha value is -4.78. The van der Waals surface area contributed by atoms with Crippen molar-refractivity contribution in [3.8, 4) is 11.5 Å². The number of anilines is 1. The largest absolute Gasteiger partial charge is 0.478 e. The molecule has 3 aromatic rings. The number of nitrogens with one attached hydrogen (secondary N) is 1. The molecule has 3 aromatic carbocycles. The topological polar surface area (TPSA) is 190 Å². The molecular weight excluding hydrogens is 484 g/mol. The van der Waals surface area contributed by atoms with E-state index in [0.717, 1.165) is 30.5 Å². The van der Waals surface area contributed by atoms with Crippen LogP contribution in [-0.2, 0) is 9.84 Å². The van der Waals surface area contributed by atoms with Gasteiger partial charge in [-0.2, -0.15) is 0 Å². The highest BCUT2D eigenvalue weighted by Gasteiger charge is 2.20. The number of carboxylic acid groups (broad SMARTS) is 2. The highest BCUT2D eigenvalue weighted by molar-refractivity contribution is 7.90. The normalized spacial score (nSPS) is 10.9. The molecule has 0 fully saturated rings. The fourth-order valence-electron chi connectivity index (χ4n) is 2.96. The number of rotatable bonds is 8. The first-order chi connectivity index (χ1) is 16.4. The van der Waals surface area contributed by atoms with E-state index in [-0.39, 0.29) is 33.3 Å². The average Bonchev–Trinajstić information content (AvgIpc) is 2.79. The van der Waals surface area contributed by atoms with E-state index in [1.165, 1.54) is 36.4 Å². The number of nitro benzene ring substituents is 1. The van der Waals surface area contributed by atoms with Gasteiger partial charge in [0.25, 0.3) is 11.6 Å². The third kappa shape index (κ3) is 5.78. The molecule has 0 heterocycles. The van der Waals surface area contributed by atoms with Crippen molar-refractivity contribution in [1.29, 1.82) is 0 Å². The summed E-state index contributed by atoms with van der Waals surface area (Å²) in [5.41, 5.74) is -1.59. The lowest BCUT2D eigenvalue weighted by Gasteiger charge is -2.14. The summed E-state index contributed by atoms with van der Waals surface area (Å²) < 4.78 is 29.6. The third-order valence-corrected chi connectivity index (χ3v) is 5.74. The molecule has 0 saturated carbocycles. The summed E-state index contributed by atoms with van der Waals surface area (Å²) in [6, 6.07) is 11.5. The van der Waals surface area contributed by atoms with Crippen LogP contribution in [0.5, 0.6) is 11.5 Å². The van der Waals surface area contributed by atoms with Crippen molar-refractivity contribution in [3.05, 3.63) is 87.5 Å². The van der Waals surface area contributed by atoms with Crippen LogP contribution in [0.2, 0.25) is 0 Å². The van der Waals surface area contributed by atoms with Crippen molar-refractivity contribution in [1.82, 2.24) is 0 Å². The Labute approximate surface area is 197 Å². The number of amides is 1. The fourth-order valence-corrected chi connectivity index (χ4v) is 3.61. The molecule has 1 amide bonds. The van der Waals surface area contributed by atoms with E-state index < -0.39 is 43.7 Å². The van der Waals surface area contributed by atoms with Crippen LogP contribution in [0.1, 0.15) is 31.1 Å². The number of carbonyl (C=O) groups is 3. The van der Waals surface area contributed by atoms with E-state index in [4.69, 9.17) is 9.84 Å². The molecule has 0 aromatic heterocycles. The molecule has 3 rings (SSSR count). The minimum Gasteiger partial charge on any atom is -0.478 e. The summed E-state index contributed by atoms with van der Waals surface area (Å²) in [7, 11) is -3.71. The lowest BCUT2D eigenvalue weighted by Crippen LogP contribution is -2.13. The van der Waals surface area contributed by atoms with Crippen LogP contribution < -0.4 is 10.1 Å². The van der Waals surface area contributed by atoms with Crippen LogP contribution in [0.25, 0.3) is 0 Å². The zero-order valence-corrected chi connectivity index (χ0v) is 18.6. The Kier molecular flexibility index (Phi) is 6.82. The van der Waals surface area contributed by atoms with E-state index in [1.54, 1.807) is 0 Å². The highest BCUT2D eigenvalue weighted by atomic mass is 32.2. The monoisotopic (exact) mass is 500 g/mol. The maximum Gasteiger partial charge on any atom is 0.336 e. The number of nitrogens with zero attached hydrogens (tertiary/aromatic N) is 1. The number of aromatic carboxylic acids is 2. The molecule has 180 valence electrons. The van der Waals surface area contributed by atoms with Gasteiger partial charge in [0, 0.05) is 24.0 Å². The first-order valence-electron chi connectivity index (χ1n) is 9.55. The number of carbonyl (C=O) groups excluding carboxylic acids is 1. The van der Waals surface area contributed by atoms with Gasteiger partial charge < -0.3 is 20.3 Å². The van der Waals surface area contributed by atoms with Gasteiger partial charge >= 0.3 is 11.9 Å². The van der Waals surface area contributed by atoms with E-state index in [9.17, 15) is 38.0 Å². The van der Waals surface area contributed by atoms with E-state index in [1.807, 2.05) is 0 Å². The Balaban J connectivity index is 2.03. The van der Waals surface area contributed by atoms with Crippen LogP contribution >= 0.6 is 0 Å². The molecule has 0 spiro atoms. The molecule has 0 saturated heterocycles. The molecule has 0 unspecified atom stereocenters. The molecular formula is C22H16N2O10S. The summed E-state index contributed by atoms with van der Waals surface area (Å²) >= 11 is 0. The highest BCUT2D eigenvalue weighted by Crippen LogP contribution is 2.33. The molecule has 0 aliphatic carbocycles. The second-order valence-corrected chi connectivity index (χ2v) is 9.13. The lowest BCUT2D eigenvalue weighted by molar-refractivity contribution is -0.384. The van der Waals surface area contributed by atoms with E-state index in [2.05, 4.69) is 5.32 Å². The Morgan fingerprint density at radius 3 is 2.23 bits per heavy atom. The van der Waals surface area contributed by atoms with Crippen LogP contribution in [0.15, 0.2) is 65.6 Å². The van der Waals surface area contributed by atoms with Gasteiger partial charge in [-0.3, -0.25) is 14.9 Å². The van der Waals surface area contributed by atoms with E-state index >= 15 is 0 Å². The number of benzene rings is 3. The fraction of sp³-hybridized carbons (Fsp3) is 0.0455. The predicted octanol–water partition coefficient (Wildman–Crippen LogP) is 3.44. The molecule has 0 aliphatic rings. The van der Waals surface area contributed by atoms with Gasteiger partial charge in [0.15, 0.2) is 15.6 Å². The minimum absolute atomic E-state index is 0.0890. The molecule has 35 heavy (non-hydrogen) atoms. The molecule has 0 bridgehead atoms. The number of hydrogen-bond donors (Lipinski definition) is 3. The van der Waals surface area contributed by atoms with Gasteiger partial charge in [-0.05, 0) is 42.5 Å². The summed E-state index contributed by atoms with van der Waals surface area (Å²) in [5, 5.41) is 31.9. The van der Waals surface area contributed by atoms with Crippen molar-refractivity contribution >= 4 is 39.1 Å². The van der Waals surface area contributed by atoms with Crippen molar-refractivity contribution in [2.75, 3.05) is 11.6 Å². The van der Waals surface area contributed by atoms with Crippen molar-refractivity contribution in [2.24, 2.45) is 0 Å². The third-order valence-electron chi connectivity index (χ3n) is 4.63. The number of hydrogen-bond acceptors (Lipinski definition) is 8. The average molecular weight is 500 g/mol. The standard InChI is InChI=1S/C22H16N2O10S/c1-35(32,33)15-6-8-19(34-14-5-7-16(21(26)27)17(10-14)22(28)29)18(11-15)23-20(25)12-3-2-4-13(9-12)24(30)31/h2-11H,1H3,(H,23,25)(H,26,27)(H,28,29). The zero-order chi connectivity index (χ0) is 25.9.